The van der Waals surface area contributed by atoms with Crippen LogP contribution in [0.2, 0.25) is 0 Å². The van der Waals surface area contributed by atoms with E-state index >= 15 is 0 Å². The molecular formula is C14H15N3O3. The molecule has 0 radical (unpaired) electrons. The fourth-order valence-electron chi connectivity index (χ4n) is 1.98. The zero-order valence-electron chi connectivity index (χ0n) is 11.3. The molecule has 0 saturated heterocycles. The topological polar surface area (TPSA) is 76.2 Å². The normalized spacial score (nSPS) is 12.2. The summed E-state index contributed by atoms with van der Waals surface area (Å²) in [5, 5.41) is 11.7. The largest absolute Gasteiger partial charge is 0.463 e. The second kappa shape index (κ2) is 6.01. The minimum absolute atomic E-state index is 0.320. The summed E-state index contributed by atoms with van der Waals surface area (Å²) >= 11 is 0. The number of carbonyl (C=O) groups is 1. The van der Waals surface area contributed by atoms with Gasteiger partial charge >= 0.3 is 5.97 Å². The van der Waals surface area contributed by atoms with Gasteiger partial charge < -0.3 is 9.94 Å². The molecule has 0 aliphatic heterocycles. The molecule has 104 valence electrons. The highest BCUT2D eigenvalue weighted by Gasteiger charge is 2.13. The van der Waals surface area contributed by atoms with Crippen LogP contribution in [0.3, 0.4) is 0 Å². The third-order valence-corrected chi connectivity index (χ3v) is 2.73. The predicted octanol–water partition coefficient (Wildman–Crippen LogP) is 2.11. The van der Waals surface area contributed by atoms with Crippen LogP contribution in [-0.4, -0.2) is 33.4 Å². The lowest BCUT2D eigenvalue weighted by molar-refractivity contribution is -0.137. The number of allylic oxidation sites excluding steroid dienone is 1. The number of nitrogens with zero attached hydrogens (tertiary/aromatic N) is 3. The van der Waals surface area contributed by atoms with Gasteiger partial charge in [0.1, 0.15) is 11.3 Å². The van der Waals surface area contributed by atoms with Crippen molar-refractivity contribution in [2.45, 2.75) is 13.8 Å². The standard InChI is InChI=1S/C14H15N3O3/c1-3-20-13(18)8-10(2)14-11(9-15-19)16-12-6-4-5-7-17(12)14/h4-9,19H,3H2,1-2H3/b10-8+,15-9+. The van der Waals surface area contributed by atoms with Crippen molar-refractivity contribution in [3.63, 3.8) is 0 Å². The molecule has 0 unspecified atom stereocenters. The molecule has 0 aromatic carbocycles. The molecular weight excluding hydrogens is 258 g/mol. The molecule has 0 saturated carbocycles. The average molecular weight is 273 g/mol. The molecule has 2 aromatic heterocycles. The third-order valence-electron chi connectivity index (χ3n) is 2.73. The summed E-state index contributed by atoms with van der Waals surface area (Å²) in [5.74, 6) is -0.414. The van der Waals surface area contributed by atoms with Gasteiger partial charge in [0.2, 0.25) is 0 Å². The summed E-state index contributed by atoms with van der Waals surface area (Å²) in [4.78, 5) is 15.9. The minimum Gasteiger partial charge on any atom is -0.463 e. The molecule has 0 spiro atoms. The van der Waals surface area contributed by atoms with Crippen molar-refractivity contribution in [1.82, 2.24) is 9.38 Å². The van der Waals surface area contributed by atoms with Crippen molar-refractivity contribution in [2.75, 3.05) is 6.61 Å². The first kappa shape index (κ1) is 13.8. The first-order chi connectivity index (χ1) is 9.67. The first-order valence-electron chi connectivity index (χ1n) is 6.17. The van der Waals surface area contributed by atoms with Crippen LogP contribution in [0.1, 0.15) is 25.2 Å². The monoisotopic (exact) mass is 273 g/mol. The molecule has 2 aromatic rings. The highest BCUT2D eigenvalue weighted by atomic mass is 16.5. The number of carbonyl (C=O) groups excluding carboxylic acids is 1. The van der Waals surface area contributed by atoms with Crippen LogP contribution in [0.15, 0.2) is 35.6 Å². The lowest BCUT2D eigenvalue weighted by Gasteiger charge is -2.03. The number of oxime groups is 1. The van der Waals surface area contributed by atoms with Crippen LogP contribution >= 0.6 is 0 Å². The molecule has 0 aliphatic rings. The van der Waals surface area contributed by atoms with Gasteiger partial charge in [-0.2, -0.15) is 0 Å². The predicted molar refractivity (Wildman–Crippen MR) is 74.9 cm³/mol. The van der Waals surface area contributed by atoms with Crippen LogP contribution in [0.25, 0.3) is 11.2 Å². The van der Waals surface area contributed by atoms with E-state index in [1.807, 2.05) is 28.8 Å². The minimum atomic E-state index is -0.414. The number of imidazole rings is 1. The number of ether oxygens (including phenoxy) is 1. The van der Waals surface area contributed by atoms with E-state index < -0.39 is 5.97 Å². The van der Waals surface area contributed by atoms with Gasteiger partial charge in [0, 0.05) is 12.3 Å². The number of pyridine rings is 1. The van der Waals surface area contributed by atoms with Crippen LogP contribution in [0, 0.1) is 0 Å². The molecule has 1 N–H and O–H groups in total. The van der Waals surface area contributed by atoms with Crippen molar-refractivity contribution >= 4 is 23.4 Å². The quantitative estimate of drug-likeness (QED) is 0.304. The molecule has 0 fully saturated rings. The summed E-state index contributed by atoms with van der Waals surface area (Å²) in [6.45, 7) is 3.85. The Kier molecular flexibility index (Phi) is 4.14. The lowest BCUT2D eigenvalue weighted by atomic mass is 10.1. The zero-order chi connectivity index (χ0) is 14.5. The van der Waals surface area contributed by atoms with Crippen molar-refractivity contribution in [1.29, 1.82) is 0 Å². The maximum Gasteiger partial charge on any atom is 0.331 e. The van der Waals surface area contributed by atoms with Gasteiger partial charge in [0.05, 0.1) is 18.5 Å². The van der Waals surface area contributed by atoms with E-state index in [0.29, 0.717) is 29.2 Å². The Bertz CT molecular complexity index is 686. The van der Waals surface area contributed by atoms with E-state index in [9.17, 15) is 4.79 Å². The van der Waals surface area contributed by atoms with E-state index in [1.165, 1.54) is 12.3 Å². The number of esters is 1. The second-order valence-corrected chi connectivity index (χ2v) is 4.10. The second-order valence-electron chi connectivity index (χ2n) is 4.10. The lowest BCUT2D eigenvalue weighted by Crippen LogP contribution is -2.02. The molecule has 0 bridgehead atoms. The van der Waals surface area contributed by atoms with Crippen LogP contribution in [0.5, 0.6) is 0 Å². The molecule has 2 rings (SSSR count). The van der Waals surface area contributed by atoms with Crippen molar-refractivity contribution in [3.8, 4) is 0 Å². The summed E-state index contributed by atoms with van der Waals surface area (Å²) in [5.41, 5.74) is 2.55. The van der Waals surface area contributed by atoms with Gasteiger partial charge in [-0.1, -0.05) is 11.2 Å². The highest BCUT2D eigenvalue weighted by Crippen LogP contribution is 2.20. The SMILES string of the molecule is CCOC(=O)/C=C(\C)c1c(/C=N/O)nc2ccccn12. The maximum absolute atomic E-state index is 11.5. The van der Waals surface area contributed by atoms with Crippen molar-refractivity contribution in [2.24, 2.45) is 5.16 Å². The smallest absolute Gasteiger partial charge is 0.331 e. The van der Waals surface area contributed by atoms with E-state index in [2.05, 4.69) is 10.1 Å². The number of hydrogen-bond donors (Lipinski definition) is 1. The molecule has 6 heteroatoms. The van der Waals surface area contributed by atoms with E-state index in [0.717, 1.165) is 0 Å². The molecule has 6 nitrogen and oxygen atoms in total. The summed E-state index contributed by atoms with van der Waals surface area (Å²) in [7, 11) is 0. The summed E-state index contributed by atoms with van der Waals surface area (Å²) in [6.07, 6.45) is 4.47. The van der Waals surface area contributed by atoms with Crippen molar-refractivity contribution in [3.05, 3.63) is 41.9 Å². The van der Waals surface area contributed by atoms with Gasteiger partial charge in [-0.25, -0.2) is 9.78 Å². The van der Waals surface area contributed by atoms with Gasteiger partial charge in [0.15, 0.2) is 0 Å². The zero-order valence-corrected chi connectivity index (χ0v) is 11.3. The van der Waals surface area contributed by atoms with Crippen molar-refractivity contribution < 1.29 is 14.7 Å². The summed E-state index contributed by atoms with van der Waals surface area (Å²) in [6, 6.07) is 5.54. The fraction of sp³-hybridized carbons (Fsp3) is 0.214. The summed E-state index contributed by atoms with van der Waals surface area (Å²) < 4.78 is 6.72. The van der Waals surface area contributed by atoms with E-state index in [1.54, 1.807) is 13.8 Å². The highest BCUT2D eigenvalue weighted by molar-refractivity contribution is 5.94. The Morgan fingerprint density at radius 1 is 1.55 bits per heavy atom. The molecule has 0 amide bonds. The van der Waals surface area contributed by atoms with Crippen LogP contribution < -0.4 is 0 Å². The Hall–Kier alpha value is -2.63. The first-order valence-corrected chi connectivity index (χ1v) is 6.17. The Balaban J connectivity index is 2.56. The number of rotatable bonds is 4. The Morgan fingerprint density at radius 3 is 3.05 bits per heavy atom. The maximum atomic E-state index is 11.5. The number of hydrogen-bond acceptors (Lipinski definition) is 5. The van der Waals surface area contributed by atoms with Gasteiger partial charge in [-0.15, -0.1) is 0 Å². The third kappa shape index (κ3) is 2.69. The van der Waals surface area contributed by atoms with Gasteiger partial charge in [-0.3, -0.25) is 4.40 Å². The van der Waals surface area contributed by atoms with E-state index in [4.69, 9.17) is 9.94 Å². The molecule has 2 heterocycles. The van der Waals surface area contributed by atoms with Crippen LogP contribution in [-0.2, 0) is 9.53 Å². The molecule has 20 heavy (non-hydrogen) atoms. The van der Waals surface area contributed by atoms with Crippen LogP contribution in [0.4, 0.5) is 0 Å². The molecule has 0 atom stereocenters. The number of aromatic nitrogens is 2. The fourth-order valence-corrected chi connectivity index (χ4v) is 1.98. The van der Waals surface area contributed by atoms with Gasteiger partial charge in [0.25, 0.3) is 0 Å². The molecule has 0 aliphatic carbocycles. The Morgan fingerprint density at radius 2 is 2.35 bits per heavy atom. The average Bonchev–Trinajstić information content (AvgIpc) is 2.77. The number of fused-ring (bicyclic) bond motifs is 1. The van der Waals surface area contributed by atoms with Gasteiger partial charge in [-0.05, 0) is 31.6 Å². The van der Waals surface area contributed by atoms with E-state index in [-0.39, 0.29) is 0 Å². The Labute approximate surface area is 116 Å².